The zero-order chi connectivity index (χ0) is 18.4. The highest BCUT2D eigenvalue weighted by molar-refractivity contribution is 6.05. The van der Waals surface area contributed by atoms with E-state index in [0.29, 0.717) is 5.69 Å². The predicted molar refractivity (Wildman–Crippen MR) is 111 cm³/mol. The van der Waals surface area contributed by atoms with Crippen LogP contribution in [0.25, 0.3) is 33.2 Å². The first-order valence-electron chi connectivity index (χ1n) is 9.37. The Morgan fingerprint density at radius 1 is 0.852 bits per heavy atom. The number of aromatic nitrogens is 2. The van der Waals surface area contributed by atoms with Gasteiger partial charge in [-0.2, -0.15) is 0 Å². The summed E-state index contributed by atoms with van der Waals surface area (Å²) in [5, 5.41) is 10.0. The molecule has 2 aromatic carbocycles. The van der Waals surface area contributed by atoms with E-state index in [4.69, 9.17) is 21.1 Å². The van der Waals surface area contributed by atoms with Gasteiger partial charge in [0.2, 0.25) is 0 Å². The van der Waals surface area contributed by atoms with E-state index in [1.807, 2.05) is 30.3 Å². The van der Waals surface area contributed by atoms with Crippen molar-refractivity contribution in [2.45, 2.75) is 25.7 Å². The van der Waals surface area contributed by atoms with E-state index < -0.39 is 0 Å². The summed E-state index contributed by atoms with van der Waals surface area (Å²) in [4.78, 5) is 9.88. The van der Waals surface area contributed by atoms with Gasteiger partial charge in [-0.25, -0.2) is 9.97 Å². The monoisotopic (exact) mass is 352 g/mol. The Bertz CT molecular complexity index is 1210. The quantitative estimate of drug-likeness (QED) is 0.397. The average molecular weight is 352 g/mol. The molecule has 0 spiro atoms. The third kappa shape index (κ3) is 2.48. The van der Waals surface area contributed by atoms with Crippen LogP contribution >= 0.6 is 0 Å². The Morgan fingerprint density at radius 2 is 1.67 bits per heavy atom. The zero-order valence-corrected chi connectivity index (χ0v) is 15.0. The highest BCUT2D eigenvalue weighted by Gasteiger charge is 2.22. The standard InChI is InChI=1S/C23H20N4/c24-13-17-18(25)10-12-20-22(17)15-6-2-3-7-16(15)23(27-20)21-11-9-14-5-1-4-8-19(14)26-21/h1,4-5,8-13,24H,2-3,6-7,25H2. The molecule has 0 saturated carbocycles. The van der Waals surface area contributed by atoms with E-state index in [2.05, 4.69) is 18.2 Å². The Labute approximate surface area is 157 Å². The van der Waals surface area contributed by atoms with Gasteiger partial charge in [0.05, 0.1) is 22.4 Å². The molecule has 4 aromatic rings. The number of fused-ring (bicyclic) bond motifs is 4. The van der Waals surface area contributed by atoms with Crippen LogP contribution in [0, 0.1) is 5.41 Å². The van der Waals surface area contributed by atoms with Crippen molar-refractivity contribution in [3.63, 3.8) is 0 Å². The summed E-state index contributed by atoms with van der Waals surface area (Å²) in [6, 6.07) is 16.2. The number of aryl methyl sites for hydroxylation is 1. The van der Waals surface area contributed by atoms with Gasteiger partial charge in [-0.15, -0.1) is 0 Å². The number of rotatable bonds is 2. The van der Waals surface area contributed by atoms with Crippen molar-refractivity contribution in [2.24, 2.45) is 0 Å². The molecule has 0 amide bonds. The lowest BCUT2D eigenvalue weighted by molar-refractivity contribution is 0.688. The van der Waals surface area contributed by atoms with Gasteiger partial charge in [0.1, 0.15) is 0 Å². The third-order valence-corrected chi connectivity index (χ3v) is 5.53. The molecule has 0 fully saturated rings. The van der Waals surface area contributed by atoms with Crippen LogP contribution in [0.15, 0.2) is 48.5 Å². The number of para-hydroxylation sites is 1. The van der Waals surface area contributed by atoms with Crippen LogP contribution in [0.2, 0.25) is 0 Å². The van der Waals surface area contributed by atoms with Gasteiger partial charge in [-0.05, 0) is 61.1 Å². The second-order valence-electron chi connectivity index (χ2n) is 7.12. The first-order valence-corrected chi connectivity index (χ1v) is 9.37. The summed E-state index contributed by atoms with van der Waals surface area (Å²) in [6.07, 6.45) is 5.67. The smallest absolute Gasteiger partial charge is 0.0928 e. The number of benzene rings is 2. The molecule has 2 aromatic heterocycles. The van der Waals surface area contributed by atoms with Gasteiger partial charge < -0.3 is 11.1 Å². The largest absolute Gasteiger partial charge is 0.398 e. The third-order valence-electron chi connectivity index (χ3n) is 5.53. The van der Waals surface area contributed by atoms with Crippen molar-refractivity contribution in [2.75, 3.05) is 5.73 Å². The van der Waals surface area contributed by atoms with E-state index in [-0.39, 0.29) is 0 Å². The van der Waals surface area contributed by atoms with Crippen LogP contribution in [-0.4, -0.2) is 16.2 Å². The van der Waals surface area contributed by atoms with Crippen molar-refractivity contribution in [3.05, 3.63) is 65.2 Å². The van der Waals surface area contributed by atoms with Crippen molar-refractivity contribution in [3.8, 4) is 11.4 Å². The fourth-order valence-electron chi connectivity index (χ4n) is 4.23. The minimum absolute atomic E-state index is 0.642. The molecule has 0 aliphatic heterocycles. The summed E-state index contributed by atoms with van der Waals surface area (Å²) in [7, 11) is 0. The van der Waals surface area contributed by atoms with Gasteiger partial charge in [0.15, 0.2) is 0 Å². The number of nitrogens with one attached hydrogen (secondary N) is 1. The highest BCUT2D eigenvalue weighted by atomic mass is 14.8. The molecule has 1 aliphatic carbocycles. The van der Waals surface area contributed by atoms with Crippen molar-refractivity contribution >= 4 is 33.7 Å². The number of pyridine rings is 2. The average Bonchev–Trinajstić information content (AvgIpc) is 2.73. The number of anilines is 1. The molecule has 4 nitrogen and oxygen atoms in total. The molecule has 0 unspecified atom stereocenters. The predicted octanol–water partition coefficient (Wildman–Crippen LogP) is 4.91. The molecule has 2 heterocycles. The molecular formula is C23H20N4. The minimum atomic E-state index is 0.642. The maximum atomic E-state index is 7.85. The van der Waals surface area contributed by atoms with Crippen LogP contribution in [0.5, 0.6) is 0 Å². The molecule has 4 heteroatoms. The zero-order valence-electron chi connectivity index (χ0n) is 15.0. The van der Waals surface area contributed by atoms with Crippen LogP contribution in [0.1, 0.15) is 29.5 Å². The minimum Gasteiger partial charge on any atom is -0.398 e. The number of hydrogen-bond donors (Lipinski definition) is 2. The van der Waals surface area contributed by atoms with Crippen LogP contribution < -0.4 is 5.73 Å². The Morgan fingerprint density at radius 3 is 2.52 bits per heavy atom. The van der Waals surface area contributed by atoms with Crippen molar-refractivity contribution < 1.29 is 0 Å². The Balaban J connectivity index is 1.84. The summed E-state index contributed by atoms with van der Waals surface area (Å²) in [5.74, 6) is 0. The molecule has 0 radical (unpaired) electrons. The molecule has 132 valence electrons. The number of hydrogen-bond acceptors (Lipinski definition) is 4. The van der Waals surface area contributed by atoms with Crippen LogP contribution in [-0.2, 0) is 12.8 Å². The topological polar surface area (TPSA) is 75.7 Å². The maximum absolute atomic E-state index is 7.85. The normalized spacial score (nSPS) is 13.6. The van der Waals surface area contributed by atoms with E-state index in [9.17, 15) is 0 Å². The van der Waals surface area contributed by atoms with Gasteiger partial charge in [0, 0.05) is 28.2 Å². The second kappa shape index (κ2) is 6.16. The number of nitrogens with two attached hydrogens (primary N) is 1. The van der Waals surface area contributed by atoms with Gasteiger partial charge in [-0.3, -0.25) is 0 Å². The highest BCUT2D eigenvalue weighted by Crippen LogP contribution is 2.37. The molecule has 0 bridgehead atoms. The summed E-state index contributed by atoms with van der Waals surface area (Å²) >= 11 is 0. The lowest BCUT2D eigenvalue weighted by Crippen LogP contribution is -2.10. The van der Waals surface area contributed by atoms with Gasteiger partial charge >= 0.3 is 0 Å². The molecule has 27 heavy (non-hydrogen) atoms. The second-order valence-corrected chi connectivity index (χ2v) is 7.12. The van der Waals surface area contributed by atoms with E-state index in [0.717, 1.165) is 64.4 Å². The van der Waals surface area contributed by atoms with Gasteiger partial charge in [-0.1, -0.05) is 24.3 Å². The van der Waals surface area contributed by atoms with Crippen molar-refractivity contribution in [1.82, 2.24) is 9.97 Å². The van der Waals surface area contributed by atoms with Gasteiger partial charge in [0.25, 0.3) is 0 Å². The van der Waals surface area contributed by atoms with E-state index in [1.165, 1.54) is 17.3 Å². The first-order chi connectivity index (χ1) is 13.3. The molecule has 0 saturated heterocycles. The molecule has 3 N–H and O–H groups in total. The first kappa shape index (κ1) is 15.9. The fraction of sp³-hybridized carbons (Fsp3) is 0.174. The van der Waals surface area contributed by atoms with Crippen LogP contribution in [0.4, 0.5) is 5.69 Å². The summed E-state index contributed by atoms with van der Waals surface area (Å²) in [5.41, 5.74) is 13.9. The van der Waals surface area contributed by atoms with Crippen molar-refractivity contribution in [1.29, 1.82) is 5.41 Å². The summed E-state index contributed by atoms with van der Waals surface area (Å²) in [6.45, 7) is 0. The van der Waals surface area contributed by atoms with E-state index in [1.54, 1.807) is 0 Å². The maximum Gasteiger partial charge on any atom is 0.0928 e. The molecular weight excluding hydrogens is 332 g/mol. The van der Waals surface area contributed by atoms with E-state index >= 15 is 0 Å². The summed E-state index contributed by atoms with van der Waals surface area (Å²) < 4.78 is 0. The molecule has 0 atom stereocenters. The lowest BCUT2D eigenvalue weighted by Gasteiger charge is -2.22. The Kier molecular flexibility index (Phi) is 3.64. The lowest BCUT2D eigenvalue weighted by atomic mass is 9.85. The number of nitrogen functional groups attached to an aromatic ring is 1. The SMILES string of the molecule is N=Cc1c(N)ccc2nc(-c3ccc4ccccc4n3)c3c(c12)CCCC3. The molecule has 5 rings (SSSR count). The number of nitrogens with zero attached hydrogens (tertiary/aromatic N) is 2. The molecule has 1 aliphatic rings. The van der Waals surface area contributed by atoms with Crippen LogP contribution in [0.3, 0.4) is 0 Å². The Hall–Kier alpha value is -3.27. The fourth-order valence-corrected chi connectivity index (χ4v) is 4.23.